The molecule has 0 saturated carbocycles. The van der Waals surface area contributed by atoms with Crippen molar-refractivity contribution in [3.8, 4) is 0 Å². The zero-order valence-electron chi connectivity index (χ0n) is 23.1. The van der Waals surface area contributed by atoms with E-state index in [1.165, 1.54) is 17.0 Å². The minimum Gasteiger partial charge on any atom is -0.352 e. The van der Waals surface area contributed by atoms with E-state index >= 15 is 0 Å². The van der Waals surface area contributed by atoms with Gasteiger partial charge in [-0.3, -0.25) is 13.9 Å². The second-order valence-electron chi connectivity index (χ2n) is 9.66. The highest BCUT2D eigenvalue weighted by atomic mass is 35.5. The fraction of sp³-hybridized carbons (Fsp3) is 0.333. The highest BCUT2D eigenvalue weighted by molar-refractivity contribution is 7.92. The van der Waals surface area contributed by atoms with Gasteiger partial charge in [0.2, 0.25) is 11.8 Å². The number of hydrogen-bond donors (Lipinski definition) is 1. The summed E-state index contributed by atoms with van der Waals surface area (Å²) in [6.07, 6.45) is 1.03. The third kappa shape index (κ3) is 7.77. The summed E-state index contributed by atoms with van der Waals surface area (Å²) in [5.41, 5.74) is 1.87. The van der Waals surface area contributed by atoms with Crippen molar-refractivity contribution in [3.05, 3.63) is 94.0 Å². The quantitative estimate of drug-likeness (QED) is 0.266. The first-order chi connectivity index (χ1) is 19.0. The molecule has 1 N–H and O–H groups in total. The Morgan fingerprint density at radius 3 is 2.15 bits per heavy atom. The zero-order chi connectivity index (χ0) is 29.4. The van der Waals surface area contributed by atoms with Gasteiger partial charge in [0.05, 0.1) is 10.6 Å². The number of sulfonamides is 1. The van der Waals surface area contributed by atoms with Crippen LogP contribution < -0.4 is 9.62 Å². The summed E-state index contributed by atoms with van der Waals surface area (Å²) >= 11 is 12.5. The molecule has 10 heteroatoms. The Morgan fingerprint density at radius 2 is 1.57 bits per heavy atom. The predicted octanol–water partition coefficient (Wildman–Crippen LogP) is 6.22. The molecule has 3 aromatic rings. The van der Waals surface area contributed by atoms with E-state index in [9.17, 15) is 18.0 Å². The fourth-order valence-corrected chi connectivity index (χ4v) is 6.06. The maximum Gasteiger partial charge on any atom is 0.264 e. The molecule has 0 fully saturated rings. The van der Waals surface area contributed by atoms with E-state index < -0.39 is 28.5 Å². The van der Waals surface area contributed by atoms with Crippen molar-refractivity contribution in [1.29, 1.82) is 0 Å². The lowest BCUT2D eigenvalue weighted by atomic mass is 10.1. The predicted molar refractivity (Wildman–Crippen MR) is 161 cm³/mol. The molecule has 3 aromatic carbocycles. The lowest BCUT2D eigenvalue weighted by Crippen LogP contribution is -2.53. The Hall–Kier alpha value is -3.07. The van der Waals surface area contributed by atoms with Crippen LogP contribution in [-0.4, -0.2) is 43.8 Å². The van der Waals surface area contributed by atoms with Crippen LogP contribution in [0.5, 0.6) is 0 Å². The van der Waals surface area contributed by atoms with Gasteiger partial charge in [-0.25, -0.2) is 8.42 Å². The number of amides is 2. The van der Waals surface area contributed by atoms with Crippen molar-refractivity contribution in [3.63, 3.8) is 0 Å². The van der Waals surface area contributed by atoms with Crippen LogP contribution >= 0.6 is 23.2 Å². The number of rotatable bonds is 12. The number of benzene rings is 3. The fourth-order valence-electron chi connectivity index (χ4n) is 4.15. The maximum atomic E-state index is 14.1. The highest BCUT2D eigenvalue weighted by Gasteiger charge is 2.34. The van der Waals surface area contributed by atoms with Crippen LogP contribution in [-0.2, 0) is 26.2 Å². The largest absolute Gasteiger partial charge is 0.352 e. The number of aryl methyl sites for hydroxylation is 1. The summed E-state index contributed by atoms with van der Waals surface area (Å²) in [5, 5.41) is 3.73. The average Bonchev–Trinajstić information content (AvgIpc) is 2.93. The summed E-state index contributed by atoms with van der Waals surface area (Å²) in [6, 6.07) is 18.8. The van der Waals surface area contributed by atoms with Gasteiger partial charge in [0.25, 0.3) is 10.0 Å². The molecule has 2 amide bonds. The normalized spacial score (nSPS) is 12.8. The second-order valence-corrected chi connectivity index (χ2v) is 12.4. The van der Waals surface area contributed by atoms with Gasteiger partial charge in [0.15, 0.2) is 0 Å². The van der Waals surface area contributed by atoms with E-state index in [1.54, 1.807) is 60.7 Å². The summed E-state index contributed by atoms with van der Waals surface area (Å²) in [5.74, 6) is -0.861. The van der Waals surface area contributed by atoms with E-state index in [2.05, 4.69) is 5.32 Å². The third-order valence-electron chi connectivity index (χ3n) is 6.67. The summed E-state index contributed by atoms with van der Waals surface area (Å²) in [7, 11) is -4.12. The standard InChI is InChI=1S/C30H35Cl2N3O4S/c1-5-22(4)33-30(37)28(6-2)34(19-23-14-15-24(31)18-27(23)32)29(36)20-35(25-16-12-21(3)13-17-25)40(38,39)26-10-8-7-9-11-26/h7-18,22,28H,5-6,19-20H2,1-4H3,(H,33,37)/t22-,28-/m0/s1. The number of halogens is 2. The first-order valence-electron chi connectivity index (χ1n) is 13.2. The van der Waals surface area contributed by atoms with Gasteiger partial charge in [-0.1, -0.05) is 79.0 Å². The van der Waals surface area contributed by atoms with Crippen molar-refractivity contribution in [2.75, 3.05) is 10.8 Å². The molecule has 7 nitrogen and oxygen atoms in total. The zero-order valence-corrected chi connectivity index (χ0v) is 25.4. The first-order valence-corrected chi connectivity index (χ1v) is 15.4. The molecule has 0 heterocycles. The van der Waals surface area contributed by atoms with Gasteiger partial charge < -0.3 is 10.2 Å². The van der Waals surface area contributed by atoms with Gasteiger partial charge in [0.1, 0.15) is 12.6 Å². The molecular weight excluding hydrogens is 569 g/mol. The van der Waals surface area contributed by atoms with Gasteiger partial charge in [-0.2, -0.15) is 0 Å². The number of carbonyl (C=O) groups is 2. The van der Waals surface area contributed by atoms with Crippen molar-refractivity contribution < 1.29 is 18.0 Å². The molecule has 0 aliphatic carbocycles. The molecule has 0 unspecified atom stereocenters. The number of nitrogens with one attached hydrogen (secondary N) is 1. The SMILES string of the molecule is CC[C@H](C)NC(=O)[C@H](CC)N(Cc1ccc(Cl)cc1Cl)C(=O)CN(c1ccc(C)cc1)S(=O)(=O)c1ccccc1. The van der Waals surface area contributed by atoms with E-state index in [0.717, 1.165) is 16.3 Å². The molecule has 0 aromatic heterocycles. The lowest BCUT2D eigenvalue weighted by Gasteiger charge is -2.34. The Balaban J connectivity index is 2.07. The Morgan fingerprint density at radius 1 is 0.925 bits per heavy atom. The number of carbonyl (C=O) groups excluding carboxylic acids is 2. The Kier molecular flexibility index (Phi) is 11.0. The minimum atomic E-state index is -4.12. The van der Waals surface area contributed by atoms with Crippen molar-refractivity contribution in [2.24, 2.45) is 0 Å². The van der Waals surface area contributed by atoms with Crippen LogP contribution in [0.15, 0.2) is 77.7 Å². The van der Waals surface area contributed by atoms with Gasteiger partial charge in [-0.05, 0) is 68.7 Å². The van der Waals surface area contributed by atoms with E-state index in [1.807, 2.05) is 27.7 Å². The van der Waals surface area contributed by atoms with Crippen molar-refractivity contribution in [1.82, 2.24) is 10.2 Å². The smallest absolute Gasteiger partial charge is 0.264 e. The molecule has 40 heavy (non-hydrogen) atoms. The first kappa shape index (κ1) is 31.5. The number of hydrogen-bond acceptors (Lipinski definition) is 4. The van der Waals surface area contributed by atoms with Gasteiger partial charge in [0, 0.05) is 22.6 Å². The average molecular weight is 605 g/mol. The van der Waals surface area contributed by atoms with Crippen LogP contribution in [0, 0.1) is 6.92 Å². The number of nitrogens with zero attached hydrogens (tertiary/aromatic N) is 2. The monoisotopic (exact) mass is 603 g/mol. The van der Waals surface area contributed by atoms with Crippen LogP contribution in [0.25, 0.3) is 0 Å². The van der Waals surface area contributed by atoms with Crippen LogP contribution in [0.2, 0.25) is 10.0 Å². The van der Waals surface area contributed by atoms with Gasteiger partial charge in [-0.15, -0.1) is 0 Å². The van der Waals surface area contributed by atoms with E-state index in [4.69, 9.17) is 23.2 Å². The molecule has 0 saturated heterocycles. The highest BCUT2D eigenvalue weighted by Crippen LogP contribution is 2.27. The summed E-state index contributed by atoms with van der Waals surface area (Å²) in [4.78, 5) is 28.9. The Bertz CT molecular complexity index is 1420. The third-order valence-corrected chi connectivity index (χ3v) is 9.05. The molecule has 0 aliphatic rings. The molecule has 2 atom stereocenters. The Labute approximate surface area is 247 Å². The molecule has 0 aliphatic heterocycles. The van der Waals surface area contributed by atoms with Crippen molar-refractivity contribution in [2.45, 2.75) is 64.1 Å². The van der Waals surface area contributed by atoms with Crippen LogP contribution in [0.3, 0.4) is 0 Å². The van der Waals surface area contributed by atoms with Crippen LogP contribution in [0.4, 0.5) is 5.69 Å². The molecule has 3 rings (SSSR count). The maximum absolute atomic E-state index is 14.1. The molecule has 0 bridgehead atoms. The molecule has 0 spiro atoms. The van der Waals surface area contributed by atoms with Crippen LogP contribution in [0.1, 0.15) is 44.7 Å². The van der Waals surface area contributed by atoms with E-state index in [-0.39, 0.29) is 23.4 Å². The molecule has 214 valence electrons. The summed E-state index contributed by atoms with van der Waals surface area (Å²) < 4.78 is 28.7. The topological polar surface area (TPSA) is 86.8 Å². The molecular formula is C30H35Cl2N3O4S. The van der Waals surface area contributed by atoms with E-state index in [0.29, 0.717) is 27.7 Å². The lowest BCUT2D eigenvalue weighted by molar-refractivity contribution is -0.140. The van der Waals surface area contributed by atoms with Crippen molar-refractivity contribution >= 4 is 50.7 Å². The second kappa shape index (κ2) is 14.0. The molecule has 0 radical (unpaired) electrons. The number of anilines is 1. The minimum absolute atomic E-state index is 0.00556. The van der Waals surface area contributed by atoms with Gasteiger partial charge >= 0.3 is 0 Å². The summed E-state index contributed by atoms with van der Waals surface area (Å²) in [6.45, 7) is 7.02.